The lowest BCUT2D eigenvalue weighted by atomic mass is 9.62. The Kier molecular flexibility index (Phi) is 5.83. The van der Waals surface area contributed by atoms with Gasteiger partial charge in [0.15, 0.2) is 34.1 Å². The lowest BCUT2D eigenvalue weighted by molar-refractivity contribution is -0.117. The van der Waals surface area contributed by atoms with E-state index in [1.165, 1.54) is 0 Å². The molecule has 1 heterocycles. The fraction of sp³-hybridized carbons (Fsp3) is 0.862. The maximum atomic E-state index is 13.2. The predicted molar refractivity (Wildman–Crippen MR) is 148 cm³/mol. The first kappa shape index (κ1) is 27.6. The molecule has 0 radical (unpaired) electrons. The molecule has 0 aromatic carbocycles. The highest BCUT2D eigenvalue weighted by molar-refractivity contribution is 6.74. The summed E-state index contributed by atoms with van der Waals surface area (Å²) in [5.74, 6) is 1.04. The Morgan fingerprint density at radius 3 is 2.22 bits per heavy atom. The van der Waals surface area contributed by atoms with Crippen molar-refractivity contribution in [2.75, 3.05) is 0 Å². The van der Waals surface area contributed by atoms with Crippen LogP contribution in [0.15, 0.2) is 11.6 Å². The summed E-state index contributed by atoms with van der Waals surface area (Å²) in [7, 11) is -4.38. The van der Waals surface area contributed by atoms with Crippen LogP contribution in [0, 0.1) is 35.0 Å². The summed E-state index contributed by atoms with van der Waals surface area (Å²) in [6.45, 7) is 27.3. The van der Waals surface area contributed by atoms with Crippen LogP contribution >= 0.6 is 0 Å². The quantitative estimate of drug-likeness (QED) is 0.287. The topological polar surface area (TPSA) is 71.1 Å². The smallest absolute Gasteiger partial charge is 0.426 e. The first-order valence-corrected chi connectivity index (χ1v) is 20.5. The molecule has 0 aromatic rings. The zero-order chi connectivity index (χ0) is 27.7. The molecule has 5 aliphatic rings. The average Bonchev–Trinajstić information content (AvgIpc) is 2.99. The van der Waals surface area contributed by atoms with Crippen molar-refractivity contribution in [1.29, 1.82) is 0 Å². The zero-order valence-electron chi connectivity index (χ0n) is 25.0. The van der Waals surface area contributed by atoms with Gasteiger partial charge in [0.2, 0.25) is 0 Å². The normalized spacial score (nSPS) is 44.5. The standard InChI is InChI=1S/C29H48O6Si2/c1-16-13-19-21(27(19,6)7)22-23(34-37(11,12)26(3,4)5)17(2)24-28(33-25(31)32-24)15-18(30)14-20(28)29(16,22)35-36(8,9)10/h14,16-17,19,21-24H,13,15H2,1-12H3/t16-,17+,19-,21?,22-,23-,24-,28+,29+/m1/s1. The van der Waals surface area contributed by atoms with Gasteiger partial charge in [-0.15, -0.1) is 0 Å². The minimum absolute atomic E-state index is 0.00375. The van der Waals surface area contributed by atoms with E-state index in [-0.39, 0.29) is 46.5 Å². The molecule has 0 bridgehead atoms. The van der Waals surface area contributed by atoms with E-state index in [1.54, 1.807) is 6.08 Å². The van der Waals surface area contributed by atoms with Gasteiger partial charge in [-0.1, -0.05) is 48.5 Å². The highest BCUT2D eigenvalue weighted by Gasteiger charge is 2.79. The van der Waals surface area contributed by atoms with Gasteiger partial charge in [-0.3, -0.25) is 4.79 Å². The van der Waals surface area contributed by atoms with Crippen molar-refractivity contribution in [3.63, 3.8) is 0 Å². The van der Waals surface area contributed by atoms with E-state index < -0.39 is 40.1 Å². The summed E-state index contributed by atoms with van der Waals surface area (Å²) in [5, 5.41) is 0.0196. The number of carbonyl (C=O) groups is 2. The second-order valence-corrected chi connectivity index (χ2v) is 25.0. The van der Waals surface area contributed by atoms with Gasteiger partial charge in [0.05, 0.1) is 18.1 Å². The monoisotopic (exact) mass is 548 g/mol. The van der Waals surface area contributed by atoms with E-state index in [2.05, 4.69) is 81.2 Å². The van der Waals surface area contributed by atoms with Crippen LogP contribution in [-0.4, -0.2) is 52.0 Å². The second kappa shape index (κ2) is 7.82. The van der Waals surface area contributed by atoms with E-state index in [1.807, 2.05) is 0 Å². The molecule has 0 amide bonds. The molecule has 37 heavy (non-hydrogen) atoms. The second-order valence-electron chi connectivity index (χ2n) is 15.8. The SMILES string of the molecule is C[C@H]1[C@@H](O[Si](C)(C)C(C)(C)C)[C@H]2C3[C@@H](C[C@@H](C)[C@]2(O[Si](C)(C)C)C2=CC(=O)C[C@]24OC(=O)O[C@H]14)C3(C)C. The molecule has 3 saturated carbocycles. The highest BCUT2D eigenvalue weighted by Crippen LogP contribution is 2.75. The summed E-state index contributed by atoms with van der Waals surface area (Å²) in [6.07, 6.45) is 1.50. The molecule has 1 aliphatic heterocycles. The third-order valence-corrected chi connectivity index (χ3v) is 16.4. The van der Waals surface area contributed by atoms with Crippen LogP contribution in [0.3, 0.4) is 0 Å². The van der Waals surface area contributed by atoms with Crippen LogP contribution in [0.2, 0.25) is 37.8 Å². The van der Waals surface area contributed by atoms with Gasteiger partial charge in [0.25, 0.3) is 0 Å². The molecule has 1 saturated heterocycles. The number of hydrogen-bond acceptors (Lipinski definition) is 6. The Bertz CT molecular complexity index is 1050. The van der Waals surface area contributed by atoms with Gasteiger partial charge in [-0.05, 0) is 73.4 Å². The summed E-state index contributed by atoms with van der Waals surface area (Å²) in [6, 6.07) is 0. The van der Waals surface area contributed by atoms with E-state index in [4.69, 9.17) is 18.3 Å². The van der Waals surface area contributed by atoms with E-state index in [0.717, 1.165) is 12.0 Å². The molecule has 9 atom stereocenters. The minimum atomic E-state index is -2.23. The number of ether oxygens (including phenoxy) is 2. The molecular formula is C29H48O6Si2. The fourth-order valence-electron chi connectivity index (χ4n) is 8.36. The van der Waals surface area contributed by atoms with Crippen LogP contribution in [0.25, 0.3) is 0 Å². The molecule has 0 aromatic heterocycles. The number of rotatable bonds is 4. The van der Waals surface area contributed by atoms with Crippen molar-refractivity contribution in [2.24, 2.45) is 35.0 Å². The molecule has 1 unspecified atom stereocenters. The Morgan fingerprint density at radius 1 is 1.03 bits per heavy atom. The van der Waals surface area contributed by atoms with Crippen molar-refractivity contribution < 1.29 is 27.9 Å². The largest absolute Gasteiger partial charge is 0.509 e. The van der Waals surface area contributed by atoms with E-state index in [0.29, 0.717) is 11.8 Å². The first-order valence-electron chi connectivity index (χ1n) is 14.2. The lowest BCUT2D eigenvalue weighted by Gasteiger charge is -2.56. The number of ketones is 1. The summed E-state index contributed by atoms with van der Waals surface area (Å²) < 4.78 is 27.0. The average molecular weight is 549 g/mol. The predicted octanol–water partition coefficient (Wildman–Crippen LogP) is 6.72. The van der Waals surface area contributed by atoms with Crippen LogP contribution in [-0.2, 0) is 23.1 Å². The van der Waals surface area contributed by atoms with Crippen LogP contribution < -0.4 is 0 Å². The molecule has 6 nitrogen and oxygen atoms in total. The van der Waals surface area contributed by atoms with Gasteiger partial charge in [-0.25, -0.2) is 4.79 Å². The number of allylic oxidation sites excluding steroid dienone is 1. The molecule has 1 spiro atoms. The summed E-state index contributed by atoms with van der Waals surface area (Å²) in [4.78, 5) is 26.1. The van der Waals surface area contributed by atoms with Crippen LogP contribution in [0.5, 0.6) is 0 Å². The summed E-state index contributed by atoms with van der Waals surface area (Å²) in [5.41, 5.74) is -0.840. The molecular weight excluding hydrogens is 500 g/mol. The van der Waals surface area contributed by atoms with Gasteiger partial charge >= 0.3 is 6.16 Å². The number of fused-ring (bicyclic) bond motifs is 4. The van der Waals surface area contributed by atoms with Gasteiger partial charge < -0.3 is 18.3 Å². The maximum Gasteiger partial charge on any atom is 0.509 e. The Labute approximate surface area is 225 Å². The van der Waals surface area contributed by atoms with Gasteiger partial charge in [0.1, 0.15) is 0 Å². The highest BCUT2D eigenvalue weighted by atomic mass is 28.4. The number of carbonyl (C=O) groups excluding carboxylic acids is 2. The Hall–Kier alpha value is -0.966. The molecule has 4 aliphatic carbocycles. The third-order valence-electron chi connectivity index (χ3n) is 11.0. The van der Waals surface area contributed by atoms with Crippen molar-refractivity contribution in [1.82, 2.24) is 0 Å². The zero-order valence-corrected chi connectivity index (χ0v) is 27.0. The Balaban J connectivity index is 1.81. The van der Waals surface area contributed by atoms with Crippen molar-refractivity contribution in [3.8, 4) is 0 Å². The molecule has 208 valence electrons. The fourth-order valence-corrected chi connectivity index (χ4v) is 11.2. The molecule has 4 fully saturated rings. The number of hydrogen-bond donors (Lipinski definition) is 0. The van der Waals surface area contributed by atoms with Crippen molar-refractivity contribution in [2.45, 2.75) is 122 Å². The van der Waals surface area contributed by atoms with Gasteiger partial charge in [0, 0.05) is 17.4 Å². The van der Waals surface area contributed by atoms with Crippen LogP contribution in [0.4, 0.5) is 4.79 Å². The molecule has 5 rings (SSSR count). The summed E-state index contributed by atoms with van der Waals surface area (Å²) >= 11 is 0. The first-order chi connectivity index (χ1) is 16.7. The molecule has 0 N–H and O–H groups in total. The minimum Gasteiger partial charge on any atom is -0.426 e. The third kappa shape index (κ3) is 3.75. The maximum absolute atomic E-state index is 13.2. The molecule has 8 heteroatoms. The van der Waals surface area contributed by atoms with E-state index in [9.17, 15) is 9.59 Å². The van der Waals surface area contributed by atoms with E-state index >= 15 is 0 Å². The lowest BCUT2D eigenvalue weighted by Crippen LogP contribution is -2.62. The van der Waals surface area contributed by atoms with Crippen LogP contribution in [0.1, 0.15) is 61.3 Å². The van der Waals surface area contributed by atoms with Crippen molar-refractivity contribution in [3.05, 3.63) is 11.6 Å². The Morgan fingerprint density at radius 2 is 1.65 bits per heavy atom. The van der Waals surface area contributed by atoms with Gasteiger partial charge in [-0.2, -0.15) is 0 Å². The van der Waals surface area contributed by atoms with Crippen molar-refractivity contribution >= 4 is 28.6 Å².